The molecule has 1 aliphatic rings. The van der Waals surface area contributed by atoms with Gasteiger partial charge in [-0.1, -0.05) is 41.9 Å². The van der Waals surface area contributed by atoms with Gasteiger partial charge in [-0.25, -0.2) is 0 Å². The van der Waals surface area contributed by atoms with Gasteiger partial charge in [-0.15, -0.1) is 0 Å². The minimum Gasteiger partial charge on any atom is -0.0884 e. The summed E-state index contributed by atoms with van der Waals surface area (Å²) in [6, 6.07) is 0. The van der Waals surface area contributed by atoms with Crippen LogP contribution < -0.4 is 0 Å². The lowest BCUT2D eigenvalue weighted by atomic mass is 9.87. The molecular formula is C9H15Br. The summed E-state index contributed by atoms with van der Waals surface area (Å²) in [4.78, 5) is 0.720. The summed E-state index contributed by atoms with van der Waals surface area (Å²) < 4.78 is 0. The van der Waals surface area contributed by atoms with Crippen molar-refractivity contribution >= 4 is 15.9 Å². The van der Waals surface area contributed by atoms with Gasteiger partial charge in [0.05, 0.1) is 0 Å². The Labute approximate surface area is 71.8 Å². The summed E-state index contributed by atoms with van der Waals surface area (Å²) in [5, 5.41) is 0. The van der Waals surface area contributed by atoms with Crippen LogP contribution in [0.2, 0.25) is 0 Å². The molecule has 1 rings (SSSR count). The zero-order valence-electron chi connectivity index (χ0n) is 6.68. The average molecular weight is 203 g/mol. The fraction of sp³-hybridized carbons (Fsp3) is 0.778. The Kier molecular flexibility index (Phi) is 2.96. The number of halogens is 1. The first kappa shape index (κ1) is 8.32. The second-order valence-corrected chi connectivity index (χ2v) is 4.52. The first-order valence-corrected chi connectivity index (χ1v) is 4.94. The molecule has 2 atom stereocenters. The standard InChI is InChI=1S/C9H15Br/c1-7(2)8-5-3-4-6-9(8)10/h3,5,7-9H,4,6H2,1-2H3/t8-,9+/m0/s1. The van der Waals surface area contributed by atoms with E-state index in [1.165, 1.54) is 12.8 Å². The molecule has 0 N–H and O–H groups in total. The Hall–Kier alpha value is 0.220. The van der Waals surface area contributed by atoms with Crippen molar-refractivity contribution in [2.75, 3.05) is 0 Å². The van der Waals surface area contributed by atoms with Crippen molar-refractivity contribution in [2.45, 2.75) is 31.5 Å². The van der Waals surface area contributed by atoms with Crippen molar-refractivity contribution < 1.29 is 0 Å². The third kappa shape index (κ3) is 1.85. The Bertz CT molecular complexity index is 127. The molecular weight excluding hydrogens is 188 g/mol. The lowest BCUT2D eigenvalue weighted by molar-refractivity contribution is 0.429. The monoisotopic (exact) mass is 202 g/mol. The fourth-order valence-corrected chi connectivity index (χ4v) is 2.51. The summed E-state index contributed by atoms with van der Waals surface area (Å²) in [5.41, 5.74) is 0. The zero-order chi connectivity index (χ0) is 7.56. The van der Waals surface area contributed by atoms with E-state index in [0.29, 0.717) is 0 Å². The van der Waals surface area contributed by atoms with Gasteiger partial charge in [-0.2, -0.15) is 0 Å². The molecule has 1 heteroatoms. The highest BCUT2D eigenvalue weighted by Crippen LogP contribution is 2.29. The molecule has 1 aliphatic carbocycles. The fourth-order valence-electron chi connectivity index (χ4n) is 1.46. The number of hydrogen-bond donors (Lipinski definition) is 0. The molecule has 0 amide bonds. The van der Waals surface area contributed by atoms with Crippen LogP contribution >= 0.6 is 15.9 Å². The highest BCUT2D eigenvalue weighted by Gasteiger charge is 2.21. The first-order chi connectivity index (χ1) is 4.72. The molecule has 0 bridgehead atoms. The zero-order valence-corrected chi connectivity index (χ0v) is 8.26. The van der Waals surface area contributed by atoms with E-state index in [9.17, 15) is 0 Å². The lowest BCUT2D eigenvalue weighted by Crippen LogP contribution is -2.20. The molecule has 58 valence electrons. The molecule has 0 aromatic carbocycles. The van der Waals surface area contributed by atoms with Gasteiger partial charge in [0.2, 0.25) is 0 Å². The van der Waals surface area contributed by atoms with Crippen molar-refractivity contribution in [2.24, 2.45) is 11.8 Å². The van der Waals surface area contributed by atoms with Crippen LogP contribution in [-0.4, -0.2) is 4.83 Å². The van der Waals surface area contributed by atoms with E-state index in [1.54, 1.807) is 0 Å². The molecule has 0 nitrogen and oxygen atoms in total. The molecule has 10 heavy (non-hydrogen) atoms. The highest BCUT2D eigenvalue weighted by molar-refractivity contribution is 9.09. The van der Waals surface area contributed by atoms with Crippen LogP contribution in [0.4, 0.5) is 0 Å². The van der Waals surface area contributed by atoms with Crippen molar-refractivity contribution in [3.8, 4) is 0 Å². The number of rotatable bonds is 1. The second kappa shape index (κ2) is 3.56. The van der Waals surface area contributed by atoms with Crippen molar-refractivity contribution in [3.05, 3.63) is 12.2 Å². The predicted octanol–water partition coefficient (Wildman–Crippen LogP) is 3.37. The largest absolute Gasteiger partial charge is 0.0884 e. The maximum Gasteiger partial charge on any atom is 0.0213 e. The van der Waals surface area contributed by atoms with Gasteiger partial charge in [0.15, 0.2) is 0 Å². The van der Waals surface area contributed by atoms with Gasteiger partial charge in [-0.05, 0) is 24.7 Å². The van der Waals surface area contributed by atoms with E-state index in [1.807, 2.05) is 0 Å². The predicted molar refractivity (Wildman–Crippen MR) is 49.4 cm³/mol. The van der Waals surface area contributed by atoms with Crippen LogP contribution in [0.25, 0.3) is 0 Å². The van der Waals surface area contributed by atoms with E-state index in [-0.39, 0.29) is 0 Å². The number of allylic oxidation sites excluding steroid dienone is 2. The molecule has 0 aliphatic heterocycles. The summed E-state index contributed by atoms with van der Waals surface area (Å²) in [5.74, 6) is 1.54. The highest BCUT2D eigenvalue weighted by atomic mass is 79.9. The van der Waals surface area contributed by atoms with Crippen molar-refractivity contribution in [1.82, 2.24) is 0 Å². The van der Waals surface area contributed by atoms with Crippen LogP contribution in [0.3, 0.4) is 0 Å². The maximum atomic E-state index is 3.70. The van der Waals surface area contributed by atoms with E-state index in [0.717, 1.165) is 16.7 Å². The number of hydrogen-bond acceptors (Lipinski definition) is 0. The van der Waals surface area contributed by atoms with E-state index in [2.05, 4.69) is 41.9 Å². The smallest absolute Gasteiger partial charge is 0.0213 e. The average Bonchev–Trinajstić information content (AvgIpc) is 1.88. The third-order valence-electron chi connectivity index (χ3n) is 2.15. The molecule has 0 radical (unpaired) electrons. The second-order valence-electron chi connectivity index (χ2n) is 3.34. The molecule has 0 spiro atoms. The molecule has 0 aromatic rings. The Morgan fingerprint density at radius 1 is 1.50 bits per heavy atom. The first-order valence-electron chi connectivity index (χ1n) is 4.02. The van der Waals surface area contributed by atoms with Crippen LogP contribution in [-0.2, 0) is 0 Å². The maximum absolute atomic E-state index is 3.70. The van der Waals surface area contributed by atoms with Gasteiger partial charge < -0.3 is 0 Å². The van der Waals surface area contributed by atoms with Crippen LogP contribution in [0.1, 0.15) is 26.7 Å². The Morgan fingerprint density at radius 3 is 2.60 bits per heavy atom. The van der Waals surface area contributed by atoms with Gasteiger partial charge in [-0.3, -0.25) is 0 Å². The summed E-state index contributed by atoms with van der Waals surface area (Å²) >= 11 is 3.70. The summed E-state index contributed by atoms with van der Waals surface area (Å²) in [6.07, 6.45) is 7.22. The Balaban J connectivity index is 2.55. The quantitative estimate of drug-likeness (QED) is 0.452. The molecule has 0 aromatic heterocycles. The van der Waals surface area contributed by atoms with E-state index >= 15 is 0 Å². The summed E-state index contributed by atoms with van der Waals surface area (Å²) in [7, 11) is 0. The van der Waals surface area contributed by atoms with E-state index < -0.39 is 0 Å². The molecule has 0 heterocycles. The van der Waals surface area contributed by atoms with Gasteiger partial charge in [0, 0.05) is 4.83 Å². The van der Waals surface area contributed by atoms with Crippen LogP contribution in [0.5, 0.6) is 0 Å². The van der Waals surface area contributed by atoms with Gasteiger partial charge >= 0.3 is 0 Å². The third-order valence-corrected chi connectivity index (χ3v) is 3.22. The SMILES string of the molecule is CC(C)[C@@H]1C=CCC[C@H]1Br. The minimum atomic E-state index is 0.720. The Morgan fingerprint density at radius 2 is 2.20 bits per heavy atom. The number of alkyl halides is 1. The minimum absolute atomic E-state index is 0.720. The molecule has 0 fully saturated rings. The molecule has 0 unspecified atom stereocenters. The van der Waals surface area contributed by atoms with Crippen molar-refractivity contribution in [3.63, 3.8) is 0 Å². The van der Waals surface area contributed by atoms with E-state index in [4.69, 9.17) is 0 Å². The lowest BCUT2D eigenvalue weighted by Gasteiger charge is -2.25. The van der Waals surface area contributed by atoms with Crippen molar-refractivity contribution in [1.29, 1.82) is 0 Å². The van der Waals surface area contributed by atoms with Gasteiger partial charge in [0.1, 0.15) is 0 Å². The van der Waals surface area contributed by atoms with Crippen LogP contribution in [0.15, 0.2) is 12.2 Å². The van der Waals surface area contributed by atoms with Crippen LogP contribution in [0, 0.1) is 11.8 Å². The molecule has 0 saturated heterocycles. The normalized spacial score (nSPS) is 33.2. The topological polar surface area (TPSA) is 0 Å². The van der Waals surface area contributed by atoms with Gasteiger partial charge in [0.25, 0.3) is 0 Å². The molecule has 0 saturated carbocycles. The summed E-state index contributed by atoms with van der Waals surface area (Å²) in [6.45, 7) is 4.57.